The molecular weight excluding hydrogens is 262 g/mol. The summed E-state index contributed by atoms with van der Waals surface area (Å²) in [6.07, 6.45) is 2.67. The van der Waals surface area contributed by atoms with Gasteiger partial charge in [0.1, 0.15) is 0 Å². The Bertz CT molecular complexity index is 365. The highest BCUT2D eigenvalue weighted by atomic mass is 35.5. The summed E-state index contributed by atoms with van der Waals surface area (Å²) in [5.74, 6) is 1.88. The minimum atomic E-state index is 0.720. The molecule has 0 saturated heterocycles. The molecule has 1 N–H and O–H groups in total. The molecule has 2 rings (SSSR count). The number of benzene rings is 1. The van der Waals surface area contributed by atoms with Crippen molar-refractivity contribution in [2.45, 2.75) is 43.7 Å². The third-order valence-corrected chi connectivity index (χ3v) is 5.67. The standard InChI is InChI=1S/C15H22ClNS/c1-3-17-14-8-9-15(11(14)2)18-10-12-4-6-13(16)7-5-12/h4-7,11,14-15,17H,3,8-10H2,1-2H3. The molecule has 1 nitrogen and oxygen atoms in total. The van der Waals surface area contributed by atoms with Gasteiger partial charge in [0.05, 0.1) is 0 Å². The molecule has 100 valence electrons. The van der Waals surface area contributed by atoms with E-state index >= 15 is 0 Å². The van der Waals surface area contributed by atoms with Crippen LogP contribution in [-0.4, -0.2) is 17.8 Å². The Morgan fingerprint density at radius 2 is 2.00 bits per heavy atom. The Morgan fingerprint density at radius 1 is 1.28 bits per heavy atom. The molecule has 1 aliphatic carbocycles. The maximum absolute atomic E-state index is 5.90. The largest absolute Gasteiger partial charge is 0.314 e. The molecule has 1 aromatic rings. The first kappa shape index (κ1) is 14.2. The van der Waals surface area contributed by atoms with E-state index in [9.17, 15) is 0 Å². The third kappa shape index (κ3) is 3.66. The van der Waals surface area contributed by atoms with E-state index < -0.39 is 0 Å². The molecule has 0 bridgehead atoms. The number of rotatable bonds is 5. The molecule has 1 aromatic carbocycles. The summed E-state index contributed by atoms with van der Waals surface area (Å²) in [6.45, 7) is 5.67. The van der Waals surface area contributed by atoms with Crippen LogP contribution in [0.15, 0.2) is 24.3 Å². The fraction of sp³-hybridized carbons (Fsp3) is 0.600. The van der Waals surface area contributed by atoms with Crippen molar-refractivity contribution in [1.82, 2.24) is 5.32 Å². The van der Waals surface area contributed by atoms with Gasteiger partial charge in [-0.25, -0.2) is 0 Å². The van der Waals surface area contributed by atoms with Gasteiger partial charge in [0.25, 0.3) is 0 Å². The zero-order valence-electron chi connectivity index (χ0n) is 11.2. The number of hydrogen-bond donors (Lipinski definition) is 1. The van der Waals surface area contributed by atoms with Crippen LogP contribution in [0.3, 0.4) is 0 Å². The second-order valence-corrected chi connectivity index (χ2v) is 6.74. The number of thioether (sulfide) groups is 1. The van der Waals surface area contributed by atoms with Crippen molar-refractivity contribution < 1.29 is 0 Å². The van der Waals surface area contributed by atoms with Gasteiger partial charge in [-0.1, -0.05) is 37.6 Å². The quantitative estimate of drug-likeness (QED) is 0.862. The topological polar surface area (TPSA) is 12.0 Å². The first-order valence-corrected chi connectivity index (χ1v) is 8.22. The molecule has 3 atom stereocenters. The number of hydrogen-bond acceptors (Lipinski definition) is 2. The molecular formula is C15H22ClNS. The van der Waals surface area contributed by atoms with Crippen LogP contribution in [0, 0.1) is 5.92 Å². The molecule has 0 heterocycles. The Morgan fingerprint density at radius 3 is 2.67 bits per heavy atom. The van der Waals surface area contributed by atoms with Gasteiger partial charge in [0.2, 0.25) is 0 Å². The summed E-state index contributed by atoms with van der Waals surface area (Å²) in [4.78, 5) is 0. The van der Waals surface area contributed by atoms with Crippen molar-refractivity contribution in [2.24, 2.45) is 5.92 Å². The second kappa shape index (κ2) is 6.83. The average molecular weight is 284 g/mol. The van der Waals surface area contributed by atoms with Gasteiger partial charge < -0.3 is 5.32 Å². The van der Waals surface area contributed by atoms with E-state index in [1.807, 2.05) is 12.1 Å². The fourth-order valence-electron chi connectivity index (χ4n) is 2.70. The highest BCUT2D eigenvalue weighted by Gasteiger charge is 2.32. The summed E-state index contributed by atoms with van der Waals surface area (Å²) in [5.41, 5.74) is 1.38. The van der Waals surface area contributed by atoms with E-state index in [1.54, 1.807) is 0 Å². The normalized spacial score (nSPS) is 27.6. The van der Waals surface area contributed by atoms with Crippen molar-refractivity contribution in [3.63, 3.8) is 0 Å². The minimum Gasteiger partial charge on any atom is -0.314 e. The highest BCUT2D eigenvalue weighted by molar-refractivity contribution is 7.99. The molecule has 0 radical (unpaired) electrons. The van der Waals surface area contributed by atoms with Crippen LogP contribution in [0.4, 0.5) is 0 Å². The van der Waals surface area contributed by atoms with Crippen molar-refractivity contribution in [1.29, 1.82) is 0 Å². The molecule has 0 aromatic heterocycles. The maximum atomic E-state index is 5.90. The van der Waals surface area contributed by atoms with Gasteiger partial charge in [-0.15, -0.1) is 0 Å². The molecule has 0 spiro atoms. The summed E-state index contributed by atoms with van der Waals surface area (Å²) < 4.78 is 0. The summed E-state index contributed by atoms with van der Waals surface area (Å²) in [5, 5.41) is 5.22. The van der Waals surface area contributed by atoms with Crippen molar-refractivity contribution in [2.75, 3.05) is 6.54 Å². The van der Waals surface area contributed by atoms with E-state index in [4.69, 9.17) is 11.6 Å². The summed E-state index contributed by atoms with van der Waals surface area (Å²) >= 11 is 8.00. The van der Waals surface area contributed by atoms with E-state index in [-0.39, 0.29) is 0 Å². The van der Waals surface area contributed by atoms with Gasteiger partial charge in [0.15, 0.2) is 0 Å². The van der Waals surface area contributed by atoms with Gasteiger partial charge in [-0.3, -0.25) is 0 Å². The Labute approximate surface area is 120 Å². The lowest BCUT2D eigenvalue weighted by atomic mass is 10.1. The van der Waals surface area contributed by atoms with Crippen LogP contribution in [0.1, 0.15) is 32.3 Å². The van der Waals surface area contributed by atoms with Crippen molar-refractivity contribution in [3.05, 3.63) is 34.9 Å². The van der Waals surface area contributed by atoms with Crippen LogP contribution in [0.2, 0.25) is 5.02 Å². The summed E-state index contributed by atoms with van der Waals surface area (Å²) in [7, 11) is 0. The fourth-order valence-corrected chi connectivity index (χ4v) is 4.22. The molecule has 0 aliphatic heterocycles. The molecule has 18 heavy (non-hydrogen) atoms. The lowest BCUT2D eigenvalue weighted by Gasteiger charge is -2.21. The van der Waals surface area contributed by atoms with Crippen molar-refractivity contribution in [3.8, 4) is 0 Å². The number of nitrogens with one attached hydrogen (secondary N) is 1. The van der Waals surface area contributed by atoms with Crippen molar-refractivity contribution >= 4 is 23.4 Å². The van der Waals surface area contributed by atoms with Crippen LogP contribution < -0.4 is 5.32 Å². The Hall–Kier alpha value is -0.180. The first-order chi connectivity index (χ1) is 8.70. The van der Waals surface area contributed by atoms with Crippen LogP contribution in [-0.2, 0) is 5.75 Å². The van der Waals surface area contributed by atoms with Gasteiger partial charge in [0, 0.05) is 22.1 Å². The molecule has 3 heteroatoms. The zero-order valence-corrected chi connectivity index (χ0v) is 12.7. The molecule has 3 unspecified atom stereocenters. The first-order valence-electron chi connectivity index (χ1n) is 6.80. The predicted octanol–water partition coefficient (Wildman–Crippen LogP) is 4.35. The smallest absolute Gasteiger partial charge is 0.0406 e. The van der Waals surface area contributed by atoms with Gasteiger partial charge >= 0.3 is 0 Å². The predicted molar refractivity (Wildman–Crippen MR) is 82.4 cm³/mol. The molecule has 1 fully saturated rings. The van der Waals surface area contributed by atoms with Gasteiger partial charge in [-0.05, 0) is 43.0 Å². The monoisotopic (exact) mass is 283 g/mol. The molecule has 1 aliphatic rings. The average Bonchev–Trinajstić information content (AvgIpc) is 2.71. The van der Waals surface area contributed by atoms with Crippen LogP contribution >= 0.6 is 23.4 Å². The molecule has 0 amide bonds. The van der Waals surface area contributed by atoms with E-state index in [0.717, 1.165) is 34.5 Å². The summed E-state index contributed by atoms with van der Waals surface area (Å²) in [6, 6.07) is 8.96. The SMILES string of the molecule is CCNC1CCC(SCc2ccc(Cl)cc2)C1C. The molecule has 1 saturated carbocycles. The minimum absolute atomic E-state index is 0.720. The third-order valence-electron chi connectivity index (χ3n) is 3.83. The maximum Gasteiger partial charge on any atom is 0.0406 e. The second-order valence-electron chi connectivity index (χ2n) is 5.08. The Kier molecular flexibility index (Phi) is 5.40. The highest BCUT2D eigenvalue weighted by Crippen LogP contribution is 2.36. The lowest BCUT2D eigenvalue weighted by Crippen LogP contribution is -2.33. The van der Waals surface area contributed by atoms with E-state index in [2.05, 4.69) is 43.1 Å². The van der Waals surface area contributed by atoms with Crippen LogP contribution in [0.25, 0.3) is 0 Å². The lowest BCUT2D eigenvalue weighted by molar-refractivity contribution is 0.441. The number of halogens is 1. The van der Waals surface area contributed by atoms with Crippen LogP contribution in [0.5, 0.6) is 0 Å². The van der Waals surface area contributed by atoms with E-state index in [1.165, 1.54) is 18.4 Å². The Balaban J connectivity index is 1.82. The zero-order chi connectivity index (χ0) is 13.0. The van der Waals surface area contributed by atoms with Gasteiger partial charge in [-0.2, -0.15) is 11.8 Å². The van der Waals surface area contributed by atoms with E-state index in [0.29, 0.717) is 0 Å².